The number of likely N-dealkylation sites (tertiary alicyclic amines) is 1. The van der Waals surface area contributed by atoms with E-state index >= 15 is 0 Å². The molecule has 0 aromatic rings. The minimum Gasteiger partial charge on any atom is -0.512 e. The number of hydrogen-bond acceptors (Lipinski definition) is 2. The Hall–Kier alpha value is -0.500. The Morgan fingerprint density at radius 2 is 2.08 bits per heavy atom. The zero-order valence-corrected chi connectivity index (χ0v) is 8.75. The van der Waals surface area contributed by atoms with E-state index in [0.717, 1.165) is 19.5 Å². The molecule has 0 bridgehead atoms. The van der Waals surface area contributed by atoms with Crippen molar-refractivity contribution in [1.82, 2.24) is 4.90 Å². The third-order valence-electron chi connectivity index (χ3n) is 3.40. The minimum atomic E-state index is 0.255. The van der Waals surface area contributed by atoms with Gasteiger partial charge < -0.3 is 5.11 Å². The molecule has 0 unspecified atom stereocenters. The first-order valence-electron chi connectivity index (χ1n) is 5.12. The van der Waals surface area contributed by atoms with Crippen molar-refractivity contribution in [3.8, 4) is 0 Å². The van der Waals surface area contributed by atoms with Gasteiger partial charge in [-0.15, -0.1) is 0 Å². The van der Waals surface area contributed by atoms with Gasteiger partial charge >= 0.3 is 0 Å². The average molecular weight is 181 g/mol. The smallest absolute Gasteiger partial charge is 0.0930 e. The highest BCUT2D eigenvalue weighted by molar-refractivity contribution is 5.13. The largest absolute Gasteiger partial charge is 0.512 e. The van der Waals surface area contributed by atoms with Crippen LogP contribution in [0.25, 0.3) is 0 Å². The van der Waals surface area contributed by atoms with Crippen molar-refractivity contribution >= 4 is 0 Å². The van der Waals surface area contributed by atoms with Crippen LogP contribution in [-0.4, -0.2) is 28.6 Å². The van der Waals surface area contributed by atoms with Crippen molar-refractivity contribution < 1.29 is 5.11 Å². The lowest BCUT2D eigenvalue weighted by Crippen LogP contribution is -2.40. The number of fused-ring (bicyclic) bond motifs is 1. The van der Waals surface area contributed by atoms with E-state index in [1.54, 1.807) is 0 Å². The summed E-state index contributed by atoms with van der Waals surface area (Å²) in [5.74, 6) is 1.75. The second-order valence-corrected chi connectivity index (χ2v) is 5.31. The Labute approximate surface area is 80.2 Å². The maximum Gasteiger partial charge on any atom is 0.0930 e. The van der Waals surface area contributed by atoms with E-state index in [0.29, 0.717) is 17.6 Å². The Morgan fingerprint density at radius 1 is 1.38 bits per heavy atom. The van der Waals surface area contributed by atoms with Crippen molar-refractivity contribution in [2.24, 2.45) is 11.8 Å². The molecular weight excluding hydrogens is 162 g/mol. The number of nitrogens with zero attached hydrogens (tertiary/aromatic N) is 1. The predicted octanol–water partition coefficient (Wildman–Crippen LogP) is 2.18. The highest BCUT2D eigenvalue weighted by Gasteiger charge is 2.41. The summed E-state index contributed by atoms with van der Waals surface area (Å²) in [6.45, 7) is 8.92. The molecule has 0 radical (unpaired) electrons. The van der Waals surface area contributed by atoms with Gasteiger partial charge in [0.15, 0.2) is 0 Å². The van der Waals surface area contributed by atoms with E-state index in [-0.39, 0.29) is 5.54 Å². The Morgan fingerprint density at radius 3 is 2.62 bits per heavy atom. The first-order valence-corrected chi connectivity index (χ1v) is 5.12. The predicted molar refractivity (Wildman–Crippen MR) is 53.6 cm³/mol. The van der Waals surface area contributed by atoms with Crippen molar-refractivity contribution in [2.75, 3.05) is 13.1 Å². The Kier molecular flexibility index (Phi) is 1.91. The molecule has 1 heterocycles. The fourth-order valence-electron chi connectivity index (χ4n) is 2.42. The van der Waals surface area contributed by atoms with Crippen molar-refractivity contribution in [1.29, 1.82) is 0 Å². The van der Waals surface area contributed by atoms with Gasteiger partial charge in [-0.3, -0.25) is 4.90 Å². The van der Waals surface area contributed by atoms with Crippen LogP contribution >= 0.6 is 0 Å². The standard InChI is InChI=1S/C11H19NO/c1-11(2,3)12-6-8-4-5-10(13)9(8)7-12/h5,8-9,13H,4,6-7H2,1-3H3/t8-,9-/m0/s1. The van der Waals surface area contributed by atoms with Gasteiger partial charge in [0, 0.05) is 24.5 Å². The van der Waals surface area contributed by atoms with E-state index in [9.17, 15) is 5.11 Å². The normalized spacial score (nSPS) is 34.8. The maximum absolute atomic E-state index is 9.62. The molecular formula is C11H19NO. The van der Waals surface area contributed by atoms with Crippen LogP contribution in [0.5, 0.6) is 0 Å². The monoisotopic (exact) mass is 181 g/mol. The second-order valence-electron chi connectivity index (χ2n) is 5.31. The van der Waals surface area contributed by atoms with Crippen LogP contribution in [0.15, 0.2) is 11.8 Å². The van der Waals surface area contributed by atoms with Crippen LogP contribution in [0.1, 0.15) is 27.2 Å². The van der Waals surface area contributed by atoms with Crippen LogP contribution in [0.3, 0.4) is 0 Å². The van der Waals surface area contributed by atoms with E-state index in [4.69, 9.17) is 0 Å². The molecule has 1 saturated heterocycles. The molecule has 0 saturated carbocycles. The summed E-state index contributed by atoms with van der Waals surface area (Å²) >= 11 is 0. The van der Waals surface area contributed by atoms with Gasteiger partial charge in [-0.2, -0.15) is 0 Å². The van der Waals surface area contributed by atoms with Gasteiger partial charge in [0.2, 0.25) is 0 Å². The molecule has 2 aliphatic rings. The molecule has 1 fully saturated rings. The maximum atomic E-state index is 9.62. The number of hydrogen-bond donors (Lipinski definition) is 1. The third-order valence-corrected chi connectivity index (χ3v) is 3.40. The lowest BCUT2D eigenvalue weighted by atomic mass is 9.99. The van der Waals surface area contributed by atoms with Crippen molar-refractivity contribution in [3.05, 3.63) is 11.8 Å². The zero-order chi connectivity index (χ0) is 9.64. The van der Waals surface area contributed by atoms with Crippen LogP contribution in [0, 0.1) is 11.8 Å². The first-order chi connectivity index (χ1) is 5.98. The van der Waals surface area contributed by atoms with Gasteiger partial charge in [0.1, 0.15) is 0 Å². The SMILES string of the molecule is CC(C)(C)N1C[C@@H]2CC=C(O)[C@H]2C1. The topological polar surface area (TPSA) is 23.5 Å². The molecule has 1 aliphatic heterocycles. The van der Waals surface area contributed by atoms with E-state index in [1.165, 1.54) is 0 Å². The summed E-state index contributed by atoms with van der Waals surface area (Å²) in [6.07, 6.45) is 3.07. The number of rotatable bonds is 0. The summed E-state index contributed by atoms with van der Waals surface area (Å²) in [7, 11) is 0. The molecule has 2 nitrogen and oxygen atoms in total. The summed E-state index contributed by atoms with van der Waals surface area (Å²) in [6, 6.07) is 0. The fourth-order valence-corrected chi connectivity index (χ4v) is 2.42. The van der Waals surface area contributed by atoms with E-state index in [2.05, 4.69) is 25.7 Å². The number of allylic oxidation sites excluding steroid dienone is 1. The molecule has 0 spiro atoms. The Balaban J connectivity index is 2.07. The summed E-state index contributed by atoms with van der Waals surface area (Å²) in [5, 5.41) is 9.62. The quantitative estimate of drug-likeness (QED) is 0.619. The molecule has 1 aliphatic carbocycles. The van der Waals surface area contributed by atoms with Gasteiger partial charge in [0.25, 0.3) is 0 Å². The van der Waals surface area contributed by atoms with Gasteiger partial charge in [-0.1, -0.05) is 0 Å². The zero-order valence-electron chi connectivity index (χ0n) is 8.75. The molecule has 2 atom stereocenters. The first kappa shape index (κ1) is 9.07. The van der Waals surface area contributed by atoms with Gasteiger partial charge in [0.05, 0.1) is 5.76 Å². The minimum absolute atomic E-state index is 0.255. The molecule has 0 aromatic heterocycles. The molecule has 0 amide bonds. The molecule has 2 rings (SSSR count). The van der Waals surface area contributed by atoms with Gasteiger partial charge in [-0.25, -0.2) is 0 Å². The van der Waals surface area contributed by atoms with Crippen LogP contribution in [0.4, 0.5) is 0 Å². The average Bonchev–Trinajstić information content (AvgIpc) is 2.51. The second kappa shape index (κ2) is 2.74. The summed E-state index contributed by atoms with van der Waals surface area (Å²) in [4.78, 5) is 2.48. The molecule has 13 heavy (non-hydrogen) atoms. The van der Waals surface area contributed by atoms with Crippen LogP contribution in [-0.2, 0) is 0 Å². The van der Waals surface area contributed by atoms with E-state index < -0.39 is 0 Å². The van der Waals surface area contributed by atoms with Crippen molar-refractivity contribution in [2.45, 2.75) is 32.7 Å². The number of aliphatic hydroxyl groups is 1. The lowest BCUT2D eigenvalue weighted by molar-refractivity contribution is 0.162. The summed E-state index contributed by atoms with van der Waals surface area (Å²) < 4.78 is 0. The lowest BCUT2D eigenvalue weighted by Gasteiger charge is -2.32. The molecule has 1 N–H and O–H groups in total. The van der Waals surface area contributed by atoms with Crippen LogP contribution < -0.4 is 0 Å². The van der Waals surface area contributed by atoms with Gasteiger partial charge in [-0.05, 0) is 39.2 Å². The van der Waals surface area contributed by atoms with Crippen molar-refractivity contribution in [3.63, 3.8) is 0 Å². The highest BCUT2D eigenvalue weighted by Crippen LogP contribution is 2.39. The summed E-state index contributed by atoms with van der Waals surface area (Å²) in [5.41, 5.74) is 0.255. The fraction of sp³-hybridized carbons (Fsp3) is 0.818. The molecule has 74 valence electrons. The highest BCUT2D eigenvalue weighted by atomic mass is 16.3. The molecule has 0 aromatic carbocycles. The number of aliphatic hydroxyl groups excluding tert-OH is 1. The third kappa shape index (κ3) is 1.48. The van der Waals surface area contributed by atoms with Crippen LogP contribution in [0.2, 0.25) is 0 Å². The van der Waals surface area contributed by atoms with E-state index in [1.807, 2.05) is 6.08 Å². The molecule has 2 heteroatoms. The Bertz CT molecular complexity index is 239.